The van der Waals surface area contributed by atoms with Gasteiger partial charge >= 0.3 is 6.03 Å². The van der Waals surface area contributed by atoms with Crippen LogP contribution in [0.25, 0.3) is 10.9 Å². The molecule has 0 saturated carbocycles. The van der Waals surface area contributed by atoms with E-state index in [4.69, 9.17) is 23.2 Å². The molecule has 1 unspecified atom stereocenters. The Labute approximate surface area is 170 Å². The Bertz CT molecular complexity index is 1140. The lowest BCUT2D eigenvalue weighted by molar-refractivity contribution is -0.130. The van der Waals surface area contributed by atoms with Gasteiger partial charge in [0, 0.05) is 38.3 Å². The Kier molecular flexibility index (Phi) is 4.40. The molecule has 0 bridgehead atoms. The predicted molar refractivity (Wildman–Crippen MR) is 107 cm³/mol. The van der Waals surface area contributed by atoms with E-state index in [1.165, 1.54) is 6.07 Å². The van der Waals surface area contributed by atoms with Gasteiger partial charge in [-0.05, 0) is 25.1 Å². The second kappa shape index (κ2) is 6.65. The number of fused-ring (bicyclic) bond motifs is 1. The van der Waals surface area contributed by atoms with Crippen LogP contribution in [0.5, 0.6) is 0 Å². The normalized spacial score (nSPS) is 19.3. The number of benzene rings is 2. The number of halogens is 2. The first-order valence-electron chi connectivity index (χ1n) is 8.50. The van der Waals surface area contributed by atoms with E-state index in [1.807, 2.05) is 24.3 Å². The lowest BCUT2D eigenvalue weighted by atomic mass is 9.92. The van der Waals surface area contributed by atoms with E-state index in [0.717, 1.165) is 15.8 Å². The van der Waals surface area contributed by atoms with Crippen molar-refractivity contribution in [1.29, 1.82) is 0 Å². The average Bonchev–Trinajstić information content (AvgIpc) is 3.17. The Balaban J connectivity index is 1.63. The number of urea groups is 1. The van der Waals surface area contributed by atoms with Crippen molar-refractivity contribution in [3.8, 4) is 0 Å². The Morgan fingerprint density at radius 1 is 1.14 bits per heavy atom. The van der Waals surface area contributed by atoms with Gasteiger partial charge in [0.25, 0.3) is 5.91 Å². The maximum atomic E-state index is 13.0. The molecule has 8 heteroatoms. The van der Waals surface area contributed by atoms with Crippen molar-refractivity contribution in [3.05, 3.63) is 69.8 Å². The zero-order chi connectivity index (χ0) is 20.1. The number of hydrogen-bond acceptors (Lipinski definition) is 3. The third kappa shape index (κ3) is 2.85. The second-order valence-corrected chi connectivity index (χ2v) is 7.59. The minimum atomic E-state index is -1.38. The van der Waals surface area contributed by atoms with Gasteiger partial charge in [-0.2, -0.15) is 0 Å². The first-order chi connectivity index (χ1) is 13.3. The largest absolute Gasteiger partial charge is 0.360 e. The number of Topliss-reactive ketones (excluding diaryl/α,β-unsaturated/α-hetero) is 1. The number of hydrogen-bond donors (Lipinski definition) is 2. The van der Waals surface area contributed by atoms with Gasteiger partial charge < -0.3 is 10.3 Å². The summed E-state index contributed by atoms with van der Waals surface area (Å²) in [5.74, 6) is -0.887. The van der Waals surface area contributed by atoms with Crippen LogP contribution in [-0.4, -0.2) is 34.2 Å². The van der Waals surface area contributed by atoms with Crippen LogP contribution >= 0.6 is 23.2 Å². The molecule has 0 aliphatic carbocycles. The SMILES string of the molecule is CC1(c2ccc(Cl)cc2Cl)NC(=O)N(CC(=O)c2c[nH]c3ccccc23)C1=O. The van der Waals surface area contributed by atoms with Crippen LogP contribution in [0, 0.1) is 0 Å². The smallest absolute Gasteiger partial charge is 0.325 e. The summed E-state index contributed by atoms with van der Waals surface area (Å²) in [5.41, 5.74) is 0.272. The minimum absolute atomic E-state index is 0.258. The minimum Gasteiger partial charge on any atom is -0.360 e. The van der Waals surface area contributed by atoms with Crippen molar-refractivity contribution in [3.63, 3.8) is 0 Å². The van der Waals surface area contributed by atoms with E-state index in [1.54, 1.807) is 25.3 Å². The molecule has 1 atom stereocenters. The number of carbonyl (C=O) groups excluding carboxylic acids is 3. The summed E-state index contributed by atoms with van der Waals surface area (Å²) >= 11 is 12.2. The molecule has 1 aliphatic heterocycles. The van der Waals surface area contributed by atoms with Crippen molar-refractivity contribution in [2.24, 2.45) is 0 Å². The number of rotatable bonds is 4. The topological polar surface area (TPSA) is 82.3 Å². The number of nitrogens with one attached hydrogen (secondary N) is 2. The lowest BCUT2D eigenvalue weighted by Gasteiger charge is -2.23. The van der Waals surface area contributed by atoms with Crippen LogP contribution in [0.4, 0.5) is 4.79 Å². The monoisotopic (exact) mass is 415 g/mol. The molecule has 2 heterocycles. The van der Waals surface area contributed by atoms with E-state index in [9.17, 15) is 14.4 Å². The Morgan fingerprint density at radius 2 is 1.89 bits per heavy atom. The highest BCUT2D eigenvalue weighted by Crippen LogP contribution is 2.35. The predicted octanol–water partition coefficient (Wildman–Crippen LogP) is 4.12. The molecule has 6 nitrogen and oxygen atoms in total. The van der Waals surface area contributed by atoms with E-state index in [0.29, 0.717) is 16.1 Å². The fourth-order valence-electron chi connectivity index (χ4n) is 3.45. The number of aromatic nitrogens is 1. The first kappa shape index (κ1) is 18.5. The van der Waals surface area contributed by atoms with Crippen LogP contribution in [0.2, 0.25) is 10.0 Å². The fourth-order valence-corrected chi connectivity index (χ4v) is 4.05. The zero-order valence-corrected chi connectivity index (χ0v) is 16.3. The third-order valence-electron chi connectivity index (χ3n) is 4.94. The van der Waals surface area contributed by atoms with Gasteiger partial charge in [0.1, 0.15) is 5.54 Å². The van der Waals surface area contributed by atoms with Crippen LogP contribution in [0.1, 0.15) is 22.8 Å². The standard InChI is InChI=1S/C20H15Cl2N3O3/c1-20(14-7-6-11(21)8-15(14)22)18(27)25(19(28)24-20)10-17(26)13-9-23-16-5-3-2-4-12(13)16/h2-9,23H,10H2,1H3,(H,24,28). The highest BCUT2D eigenvalue weighted by Gasteiger charge is 2.50. The molecule has 3 aromatic rings. The molecule has 142 valence electrons. The van der Waals surface area contributed by atoms with Crippen molar-refractivity contribution in [2.45, 2.75) is 12.5 Å². The van der Waals surface area contributed by atoms with Gasteiger partial charge in [0.05, 0.1) is 6.54 Å². The first-order valence-corrected chi connectivity index (χ1v) is 9.26. The average molecular weight is 416 g/mol. The number of amides is 3. The summed E-state index contributed by atoms with van der Waals surface area (Å²) in [7, 11) is 0. The molecule has 2 aromatic carbocycles. The molecule has 28 heavy (non-hydrogen) atoms. The van der Waals surface area contributed by atoms with Gasteiger partial charge in [0.15, 0.2) is 5.78 Å². The molecule has 0 spiro atoms. The van der Waals surface area contributed by atoms with Crippen LogP contribution < -0.4 is 5.32 Å². The third-order valence-corrected chi connectivity index (χ3v) is 5.48. The highest BCUT2D eigenvalue weighted by molar-refractivity contribution is 6.35. The van der Waals surface area contributed by atoms with Crippen molar-refractivity contribution >= 4 is 51.8 Å². The number of para-hydroxylation sites is 1. The maximum absolute atomic E-state index is 13.0. The van der Waals surface area contributed by atoms with E-state index in [-0.39, 0.29) is 17.4 Å². The van der Waals surface area contributed by atoms with Crippen LogP contribution in [-0.2, 0) is 10.3 Å². The van der Waals surface area contributed by atoms with Crippen molar-refractivity contribution in [1.82, 2.24) is 15.2 Å². The number of aromatic amines is 1. The van der Waals surface area contributed by atoms with Crippen molar-refractivity contribution < 1.29 is 14.4 Å². The highest BCUT2D eigenvalue weighted by atomic mass is 35.5. The molecular weight excluding hydrogens is 401 g/mol. The number of imide groups is 1. The quantitative estimate of drug-likeness (QED) is 0.496. The number of H-pyrrole nitrogens is 1. The molecule has 1 aliphatic rings. The van der Waals surface area contributed by atoms with Gasteiger partial charge in [-0.25, -0.2) is 4.79 Å². The summed E-state index contributed by atoms with van der Waals surface area (Å²) in [6.45, 7) is 1.19. The van der Waals surface area contributed by atoms with Crippen LogP contribution in [0.15, 0.2) is 48.7 Å². The number of ketones is 1. The molecule has 3 amide bonds. The lowest BCUT2D eigenvalue weighted by Crippen LogP contribution is -2.41. The summed E-state index contributed by atoms with van der Waals surface area (Å²) in [4.78, 5) is 42.2. The van der Waals surface area contributed by atoms with Crippen molar-refractivity contribution in [2.75, 3.05) is 6.54 Å². The van der Waals surface area contributed by atoms with E-state index in [2.05, 4.69) is 10.3 Å². The summed E-state index contributed by atoms with van der Waals surface area (Å²) in [5, 5.41) is 4.06. The summed E-state index contributed by atoms with van der Waals surface area (Å²) in [6, 6.07) is 11.4. The molecule has 0 radical (unpaired) electrons. The molecule has 4 rings (SSSR count). The Hall–Kier alpha value is -2.83. The summed E-state index contributed by atoms with van der Waals surface area (Å²) in [6.07, 6.45) is 1.58. The van der Waals surface area contributed by atoms with E-state index >= 15 is 0 Å². The van der Waals surface area contributed by atoms with E-state index < -0.39 is 17.5 Å². The number of nitrogens with zero attached hydrogens (tertiary/aromatic N) is 1. The summed E-state index contributed by atoms with van der Waals surface area (Å²) < 4.78 is 0. The number of carbonyl (C=O) groups is 3. The molecule has 1 aromatic heterocycles. The molecule has 1 fully saturated rings. The molecule has 2 N–H and O–H groups in total. The molecular formula is C20H15Cl2N3O3. The second-order valence-electron chi connectivity index (χ2n) is 6.74. The zero-order valence-electron chi connectivity index (χ0n) is 14.8. The fraction of sp³-hybridized carbons (Fsp3) is 0.150. The molecule has 1 saturated heterocycles. The van der Waals surface area contributed by atoms with Gasteiger partial charge in [-0.3, -0.25) is 14.5 Å². The Morgan fingerprint density at radius 3 is 2.64 bits per heavy atom. The van der Waals surface area contributed by atoms with Crippen LogP contribution in [0.3, 0.4) is 0 Å². The van der Waals surface area contributed by atoms with Gasteiger partial charge in [-0.15, -0.1) is 0 Å². The van der Waals surface area contributed by atoms with Gasteiger partial charge in [-0.1, -0.05) is 47.5 Å². The maximum Gasteiger partial charge on any atom is 0.325 e. The van der Waals surface area contributed by atoms with Gasteiger partial charge in [0.2, 0.25) is 0 Å².